The monoisotopic (exact) mass is 193 g/mol. The number of benzene rings is 1. The number of hydrogen-bond acceptors (Lipinski definition) is 4. The molecule has 0 amide bonds. The molecular weight excluding hydrogens is 182 g/mol. The lowest BCUT2D eigenvalue weighted by Gasteiger charge is -2.03. The number of nitrogens with zero attached hydrogens (tertiary/aromatic N) is 2. The van der Waals surface area contributed by atoms with E-state index in [4.69, 9.17) is 10.6 Å². The summed E-state index contributed by atoms with van der Waals surface area (Å²) in [6.07, 6.45) is 1.62. The van der Waals surface area contributed by atoms with Crippen molar-refractivity contribution in [3.8, 4) is 5.75 Å². The van der Waals surface area contributed by atoms with Crippen molar-refractivity contribution in [3.05, 3.63) is 18.3 Å². The number of nitrogens with two attached hydrogens (primary N) is 1. The quantitative estimate of drug-likeness (QED) is 0.545. The van der Waals surface area contributed by atoms with Crippen LogP contribution in [0.2, 0.25) is 0 Å². The third-order valence-electron chi connectivity index (χ3n) is 1.94. The van der Waals surface area contributed by atoms with Gasteiger partial charge in [0.25, 0.3) is 0 Å². The van der Waals surface area contributed by atoms with Gasteiger partial charge < -0.3 is 15.7 Å². The minimum Gasteiger partial charge on any atom is -0.506 e. The maximum absolute atomic E-state index is 9.35. The van der Waals surface area contributed by atoms with Gasteiger partial charge in [-0.2, -0.15) is 0 Å². The van der Waals surface area contributed by atoms with Gasteiger partial charge in [0, 0.05) is 5.39 Å². The molecule has 2 rings (SSSR count). The highest BCUT2D eigenvalue weighted by atomic mass is 16.7. The van der Waals surface area contributed by atoms with Crippen molar-refractivity contribution in [1.29, 1.82) is 0 Å². The number of fused-ring (bicyclic) bond motifs is 1. The van der Waals surface area contributed by atoms with Gasteiger partial charge in [-0.05, 0) is 19.1 Å². The molecule has 0 fully saturated rings. The molecule has 0 spiro atoms. The van der Waals surface area contributed by atoms with Crippen molar-refractivity contribution in [2.24, 2.45) is 0 Å². The van der Waals surface area contributed by atoms with E-state index < -0.39 is 0 Å². The molecule has 0 saturated heterocycles. The Morgan fingerprint density at radius 2 is 2.36 bits per heavy atom. The summed E-state index contributed by atoms with van der Waals surface area (Å²) in [6.45, 7) is 2.40. The normalized spacial score (nSPS) is 10.6. The van der Waals surface area contributed by atoms with Gasteiger partial charge in [-0.15, -0.1) is 5.10 Å². The summed E-state index contributed by atoms with van der Waals surface area (Å²) in [7, 11) is 0. The van der Waals surface area contributed by atoms with Gasteiger partial charge in [0.1, 0.15) is 17.9 Å². The van der Waals surface area contributed by atoms with E-state index in [0.29, 0.717) is 12.3 Å². The van der Waals surface area contributed by atoms with Crippen LogP contribution in [0.3, 0.4) is 0 Å². The molecule has 74 valence electrons. The number of rotatable bonds is 2. The van der Waals surface area contributed by atoms with Gasteiger partial charge in [-0.1, -0.05) is 4.85 Å². The predicted octanol–water partition coefficient (Wildman–Crippen LogP) is 0.773. The van der Waals surface area contributed by atoms with Gasteiger partial charge in [-0.3, -0.25) is 0 Å². The summed E-state index contributed by atoms with van der Waals surface area (Å²) >= 11 is 0. The Labute approximate surface area is 80.7 Å². The average Bonchev–Trinajstić information content (AvgIpc) is 2.51. The van der Waals surface area contributed by atoms with Gasteiger partial charge in [0.05, 0.1) is 11.9 Å². The molecule has 5 nitrogen and oxygen atoms in total. The molecule has 1 aromatic carbocycles. The highest BCUT2D eigenvalue weighted by molar-refractivity contribution is 5.84. The molecular formula is C9H11N3O2. The van der Waals surface area contributed by atoms with E-state index in [9.17, 15) is 5.11 Å². The van der Waals surface area contributed by atoms with Crippen molar-refractivity contribution in [1.82, 2.24) is 9.94 Å². The molecule has 14 heavy (non-hydrogen) atoms. The number of hydrogen-bond donors (Lipinski definition) is 2. The highest BCUT2D eigenvalue weighted by Crippen LogP contribution is 2.26. The summed E-state index contributed by atoms with van der Waals surface area (Å²) in [4.78, 5) is 6.62. The molecule has 5 heteroatoms. The molecule has 0 aliphatic carbocycles. The molecule has 0 unspecified atom stereocenters. The number of aromatic hydroxyl groups is 1. The van der Waals surface area contributed by atoms with E-state index in [1.807, 2.05) is 6.92 Å². The van der Waals surface area contributed by atoms with Crippen molar-refractivity contribution >= 4 is 16.6 Å². The molecule has 1 heterocycles. The Morgan fingerprint density at radius 3 is 3.07 bits per heavy atom. The van der Waals surface area contributed by atoms with Crippen LogP contribution in [0.25, 0.3) is 10.9 Å². The predicted molar refractivity (Wildman–Crippen MR) is 52.9 cm³/mol. The number of phenolic OH excluding ortho intramolecular Hbond substituents is 1. The second-order valence-electron chi connectivity index (χ2n) is 2.91. The van der Waals surface area contributed by atoms with Crippen LogP contribution in [0, 0.1) is 0 Å². The van der Waals surface area contributed by atoms with Gasteiger partial charge >= 0.3 is 0 Å². The summed E-state index contributed by atoms with van der Waals surface area (Å²) < 4.78 is 0. The van der Waals surface area contributed by atoms with Crippen LogP contribution in [-0.2, 0) is 0 Å². The molecule has 0 radical (unpaired) electrons. The first-order chi connectivity index (χ1) is 6.72. The van der Waals surface area contributed by atoms with E-state index in [-0.39, 0.29) is 5.75 Å². The van der Waals surface area contributed by atoms with E-state index >= 15 is 0 Å². The van der Waals surface area contributed by atoms with Crippen LogP contribution in [0.4, 0.5) is 5.69 Å². The van der Waals surface area contributed by atoms with Crippen LogP contribution >= 0.6 is 0 Å². The molecule has 0 aliphatic heterocycles. The number of phenols is 1. The zero-order valence-corrected chi connectivity index (χ0v) is 7.77. The smallest absolute Gasteiger partial charge is 0.139 e. The standard InChI is InChI=1S/C9H11N3O2/c1-2-14-12-8-4-7(10)9(13)3-6(8)5-11-12/h3-5,13H,2,10H2,1H3. The summed E-state index contributed by atoms with van der Waals surface area (Å²) in [5.74, 6) is 0.0635. The number of anilines is 1. The fraction of sp³-hybridized carbons (Fsp3) is 0.222. The summed E-state index contributed by atoms with van der Waals surface area (Å²) in [6, 6.07) is 3.19. The molecule has 0 aliphatic rings. The molecule has 3 N–H and O–H groups in total. The Bertz CT molecular complexity index is 464. The van der Waals surface area contributed by atoms with Crippen LogP contribution in [0.1, 0.15) is 6.92 Å². The van der Waals surface area contributed by atoms with Crippen molar-refractivity contribution in [2.75, 3.05) is 12.3 Å². The van der Waals surface area contributed by atoms with Crippen LogP contribution in [-0.4, -0.2) is 21.7 Å². The zero-order valence-electron chi connectivity index (χ0n) is 7.77. The maximum atomic E-state index is 9.35. The first kappa shape index (κ1) is 8.68. The van der Waals surface area contributed by atoms with Crippen molar-refractivity contribution in [2.45, 2.75) is 6.92 Å². The Morgan fingerprint density at radius 1 is 1.57 bits per heavy atom. The van der Waals surface area contributed by atoms with Crippen molar-refractivity contribution in [3.63, 3.8) is 0 Å². The number of aromatic nitrogens is 2. The largest absolute Gasteiger partial charge is 0.506 e. The van der Waals surface area contributed by atoms with Crippen LogP contribution in [0.5, 0.6) is 5.75 Å². The average molecular weight is 193 g/mol. The molecule has 1 aromatic heterocycles. The fourth-order valence-corrected chi connectivity index (χ4v) is 1.28. The minimum absolute atomic E-state index is 0.0635. The SMILES string of the molecule is CCOn1ncc2cc(O)c(N)cc21. The highest BCUT2D eigenvalue weighted by Gasteiger charge is 2.06. The number of nitrogen functional groups attached to an aromatic ring is 1. The molecule has 0 atom stereocenters. The molecule has 0 saturated carbocycles. The first-order valence-corrected chi connectivity index (χ1v) is 4.32. The Balaban J connectivity index is 2.61. The van der Waals surface area contributed by atoms with E-state index in [0.717, 1.165) is 10.9 Å². The topological polar surface area (TPSA) is 73.3 Å². The third kappa shape index (κ3) is 1.22. The van der Waals surface area contributed by atoms with Gasteiger partial charge in [0.2, 0.25) is 0 Å². The first-order valence-electron chi connectivity index (χ1n) is 4.32. The third-order valence-corrected chi connectivity index (χ3v) is 1.94. The zero-order chi connectivity index (χ0) is 10.1. The lowest BCUT2D eigenvalue weighted by molar-refractivity contribution is 0.103. The van der Waals surface area contributed by atoms with Gasteiger partial charge in [0.15, 0.2) is 0 Å². The summed E-state index contributed by atoms with van der Waals surface area (Å²) in [5, 5.41) is 14.1. The second kappa shape index (κ2) is 3.10. The van der Waals surface area contributed by atoms with Crippen molar-refractivity contribution < 1.29 is 9.94 Å². The molecule has 2 aromatic rings. The lowest BCUT2D eigenvalue weighted by atomic mass is 10.2. The Kier molecular flexibility index (Phi) is 1.92. The summed E-state index contributed by atoms with van der Waals surface area (Å²) in [5.41, 5.74) is 6.63. The molecule has 0 bridgehead atoms. The minimum atomic E-state index is 0.0635. The maximum Gasteiger partial charge on any atom is 0.139 e. The fourth-order valence-electron chi connectivity index (χ4n) is 1.28. The van der Waals surface area contributed by atoms with Crippen LogP contribution < -0.4 is 10.6 Å². The van der Waals surface area contributed by atoms with E-state index in [1.54, 1.807) is 18.3 Å². The van der Waals surface area contributed by atoms with Gasteiger partial charge in [-0.25, -0.2) is 0 Å². The Hall–Kier alpha value is -1.91. The van der Waals surface area contributed by atoms with E-state index in [1.165, 1.54) is 4.85 Å². The van der Waals surface area contributed by atoms with Crippen LogP contribution in [0.15, 0.2) is 18.3 Å². The lowest BCUT2D eigenvalue weighted by Crippen LogP contribution is -2.11. The van der Waals surface area contributed by atoms with E-state index in [2.05, 4.69) is 5.10 Å². The second-order valence-corrected chi connectivity index (χ2v) is 2.91.